The van der Waals surface area contributed by atoms with E-state index in [0.717, 1.165) is 0 Å². The molecule has 0 aromatic heterocycles. The second-order valence-corrected chi connectivity index (χ2v) is 3.61. The van der Waals surface area contributed by atoms with Crippen LogP contribution in [0.25, 0.3) is 0 Å². The molecule has 16 heavy (non-hydrogen) atoms. The van der Waals surface area contributed by atoms with Crippen LogP contribution >= 0.6 is 0 Å². The van der Waals surface area contributed by atoms with Crippen molar-refractivity contribution in [2.45, 2.75) is 33.4 Å². The van der Waals surface area contributed by atoms with E-state index in [2.05, 4.69) is 10.1 Å². The molecular formula is C10H16F3NO2. The summed E-state index contributed by atoms with van der Waals surface area (Å²) in [5.74, 6) is 0.206. The van der Waals surface area contributed by atoms with Gasteiger partial charge in [0.05, 0.1) is 0 Å². The minimum Gasteiger partial charge on any atom is -0.440 e. The highest BCUT2D eigenvalue weighted by atomic mass is 19.4. The molecule has 1 amide bonds. The zero-order valence-electron chi connectivity index (χ0n) is 9.52. The first-order valence-electron chi connectivity index (χ1n) is 4.95. The third kappa shape index (κ3) is 8.14. The largest absolute Gasteiger partial charge is 0.440 e. The minimum absolute atomic E-state index is 0.206. The third-order valence-electron chi connectivity index (χ3n) is 1.54. The van der Waals surface area contributed by atoms with Crippen LogP contribution in [0.1, 0.15) is 27.2 Å². The molecule has 0 aromatic rings. The number of alkyl halides is 3. The number of hydrogen-bond acceptors (Lipinski definition) is 2. The Bertz CT molecular complexity index is 259. The van der Waals surface area contributed by atoms with E-state index in [1.807, 2.05) is 13.8 Å². The third-order valence-corrected chi connectivity index (χ3v) is 1.54. The van der Waals surface area contributed by atoms with Crippen molar-refractivity contribution in [1.29, 1.82) is 0 Å². The molecule has 0 saturated carbocycles. The normalized spacial score (nSPS) is 12.8. The monoisotopic (exact) mass is 239 g/mol. The minimum atomic E-state index is -4.49. The Kier molecular flexibility index (Phi) is 5.92. The number of alkyl carbamates (subject to hydrolysis) is 1. The molecule has 0 bridgehead atoms. The lowest BCUT2D eigenvalue weighted by Crippen LogP contribution is -2.28. The molecule has 0 radical (unpaired) electrons. The van der Waals surface area contributed by atoms with Crippen molar-refractivity contribution in [2.75, 3.05) is 6.61 Å². The first-order chi connectivity index (χ1) is 7.24. The zero-order chi connectivity index (χ0) is 12.8. The fourth-order valence-electron chi connectivity index (χ4n) is 0.965. The van der Waals surface area contributed by atoms with Crippen LogP contribution in [-0.2, 0) is 4.74 Å². The lowest BCUT2D eigenvalue weighted by Gasteiger charge is -2.11. The maximum atomic E-state index is 11.7. The van der Waals surface area contributed by atoms with Gasteiger partial charge in [0.2, 0.25) is 0 Å². The molecule has 94 valence electrons. The van der Waals surface area contributed by atoms with Crippen molar-refractivity contribution in [1.82, 2.24) is 5.32 Å². The maximum absolute atomic E-state index is 11.7. The Balaban J connectivity index is 4.12. The number of rotatable bonds is 4. The lowest BCUT2D eigenvalue weighted by molar-refractivity contribution is -0.160. The van der Waals surface area contributed by atoms with Gasteiger partial charge in [-0.1, -0.05) is 26.8 Å². The Labute approximate surface area is 92.7 Å². The number of allylic oxidation sites excluding steroid dienone is 2. The molecule has 0 aliphatic heterocycles. The summed E-state index contributed by atoms with van der Waals surface area (Å²) in [7, 11) is 0. The predicted molar refractivity (Wildman–Crippen MR) is 53.8 cm³/mol. The SMILES string of the molecule is CC/C(=C\C(C)C)NC(=O)OCC(F)(F)F. The first kappa shape index (κ1) is 14.8. The van der Waals surface area contributed by atoms with Crippen LogP contribution in [0.2, 0.25) is 0 Å². The molecule has 0 aromatic carbocycles. The van der Waals surface area contributed by atoms with Crippen LogP contribution in [0.4, 0.5) is 18.0 Å². The first-order valence-corrected chi connectivity index (χ1v) is 4.95. The van der Waals surface area contributed by atoms with Crippen molar-refractivity contribution in [3.05, 3.63) is 11.8 Å². The molecule has 0 aliphatic rings. The molecular weight excluding hydrogens is 223 g/mol. The number of carbonyl (C=O) groups excluding carboxylic acids is 1. The molecule has 0 rings (SSSR count). The van der Waals surface area contributed by atoms with Crippen LogP contribution in [0, 0.1) is 5.92 Å². The number of ether oxygens (including phenoxy) is 1. The van der Waals surface area contributed by atoms with Crippen molar-refractivity contribution >= 4 is 6.09 Å². The van der Waals surface area contributed by atoms with Crippen molar-refractivity contribution in [3.8, 4) is 0 Å². The fraction of sp³-hybridized carbons (Fsp3) is 0.700. The second-order valence-electron chi connectivity index (χ2n) is 3.61. The highest BCUT2D eigenvalue weighted by Crippen LogP contribution is 2.14. The molecule has 1 N–H and O–H groups in total. The summed E-state index contributed by atoms with van der Waals surface area (Å²) in [4.78, 5) is 11.0. The highest BCUT2D eigenvalue weighted by Gasteiger charge is 2.29. The average molecular weight is 239 g/mol. The maximum Gasteiger partial charge on any atom is 0.422 e. The quantitative estimate of drug-likeness (QED) is 0.817. The predicted octanol–water partition coefficient (Wildman–Crippen LogP) is 3.22. The van der Waals surface area contributed by atoms with Crippen LogP contribution < -0.4 is 5.32 Å². The van der Waals surface area contributed by atoms with Gasteiger partial charge in [0.1, 0.15) is 0 Å². The summed E-state index contributed by atoms with van der Waals surface area (Å²) in [5.41, 5.74) is 0.558. The molecule has 0 saturated heterocycles. The van der Waals surface area contributed by atoms with Gasteiger partial charge in [0.15, 0.2) is 6.61 Å². The van der Waals surface area contributed by atoms with Crippen LogP contribution in [-0.4, -0.2) is 18.9 Å². The second kappa shape index (κ2) is 6.40. The number of carbonyl (C=O) groups is 1. The summed E-state index contributed by atoms with van der Waals surface area (Å²) in [5, 5.41) is 2.27. The van der Waals surface area contributed by atoms with Gasteiger partial charge in [-0.05, 0) is 12.3 Å². The van der Waals surface area contributed by atoms with Gasteiger partial charge in [0, 0.05) is 5.70 Å². The molecule has 6 heteroatoms. The van der Waals surface area contributed by atoms with E-state index in [4.69, 9.17) is 0 Å². The number of hydrogen-bond donors (Lipinski definition) is 1. The smallest absolute Gasteiger partial charge is 0.422 e. The summed E-state index contributed by atoms with van der Waals surface area (Å²) < 4.78 is 39.2. The Morgan fingerprint density at radius 1 is 1.44 bits per heavy atom. The van der Waals surface area contributed by atoms with Crippen molar-refractivity contribution in [2.24, 2.45) is 5.92 Å². The topological polar surface area (TPSA) is 38.3 Å². The number of amides is 1. The van der Waals surface area contributed by atoms with E-state index < -0.39 is 18.9 Å². The van der Waals surface area contributed by atoms with Crippen LogP contribution in [0.15, 0.2) is 11.8 Å². The summed E-state index contributed by atoms with van der Waals surface area (Å²) in [6.07, 6.45) is -3.29. The van der Waals surface area contributed by atoms with Crippen molar-refractivity contribution in [3.63, 3.8) is 0 Å². The number of nitrogens with one attached hydrogen (secondary N) is 1. The van der Waals surface area contributed by atoms with Gasteiger partial charge in [-0.25, -0.2) is 4.79 Å². The van der Waals surface area contributed by atoms with E-state index in [1.54, 1.807) is 13.0 Å². The van der Waals surface area contributed by atoms with Gasteiger partial charge in [-0.15, -0.1) is 0 Å². The van der Waals surface area contributed by atoms with E-state index in [9.17, 15) is 18.0 Å². The molecule has 0 spiro atoms. The summed E-state index contributed by atoms with van der Waals surface area (Å²) >= 11 is 0. The van der Waals surface area contributed by atoms with Gasteiger partial charge >= 0.3 is 12.3 Å². The molecule has 0 fully saturated rings. The highest BCUT2D eigenvalue weighted by molar-refractivity contribution is 5.69. The summed E-state index contributed by atoms with van der Waals surface area (Å²) in [6, 6.07) is 0. The number of halogens is 3. The Morgan fingerprint density at radius 2 is 2.00 bits per heavy atom. The molecule has 0 aliphatic carbocycles. The Hall–Kier alpha value is -1.20. The zero-order valence-corrected chi connectivity index (χ0v) is 9.52. The van der Waals surface area contributed by atoms with Gasteiger partial charge in [-0.2, -0.15) is 13.2 Å². The standard InChI is InChI=1S/C10H16F3NO2/c1-4-8(5-7(2)3)14-9(15)16-6-10(11,12)13/h5,7H,4,6H2,1-3H3,(H,14,15)/b8-5+. The van der Waals surface area contributed by atoms with Crippen molar-refractivity contribution < 1.29 is 22.7 Å². The molecule has 0 heterocycles. The molecule has 3 nitrogen and oxygen atoms in total. The van der Waals surface area contributed by atoms with E-state index in [1.165, 1.54) is 0 Å². The molecule has 0 unspecified atom stereocenters. The van der Waals surface area contributed by atoms with E-state index in [-0.39, 0.29) is 5.92 Å². The lowest BCUT2D eigenvalue weighted by atomic mass is 10.1. The fourth-order valence-corrected chi connectivity index (χ4v) is 0.965. The van der Waals surface area contributed by atoms with Gasteiger partial charge in [0.25, 0.3) is 0 Å². The van der Waals surface area contributed by atoms with Gasteiger partial charge in [-0.3, -0.25) is 5.32 Å². The molecule has 0 atom stereocenters. The Morgan fingerprint density at radius 3 is 2.38 bits per heavy atom. The van der Waals surface area contributed by atoms with Crippen LogP contribution in [0.3, 0.4) is 0 Å². The summed E-state index contributed by atoms with van der Waals surface area (Å²) in [6.45, 7) is 4.02. The van der Waals surface area contributed by atoms with Crippen LogP contribution in [0.5, 0.6) is 0 Å². The van der Waals surface area contributed by atoms with Gasteiger partial charge < -0.3 is 4.74 Å². The average Bonchev–Trinajstić information content (AvgIpc) is 2.12. The van der Waals surface area contributed by atoms with E-state index >= 15 is 0 Å². The van der Waals surface area contributed by atoms with E-state index in [0.29, 0.717) is 12.1 Å².